The molecule has 1 N–H and O–H groups in total. The van der Waals surface area contributed by atoms with E-state index in [1.807, 2.05) is 36.6 Å². The van der Waals surface area contributed by atoms with E-state index < -0.39 is 5.97 Å². The minimum absolute atomic E-state index is 0.0875. The molecule has 0 saturated heterocycles. The van der Waals surface area contributed by atoms with Gasteiger partial charge in [-0.15, -0.1) is 11.6 Å². The minimum Gasteiger partial charge on any atom is -0.481 e. The van der Waals surface area contributed by atoms with Gasteiger partial charge in [-0.2, -0.15) is 11.8 Å². The van der Waals surface area contributed by atoms with Crippen molar-refractivity contribution in [1.82, 2.24) is 0 Å². The molecule has 0 aromatic heterocycles. The number of hydrogen-bond donors (Lipinski definition) is 1. The molecule has 0 aliphatic heterocycles. The van der Waals surface area contributed by atoms with Crippen molar-refractivity contribution in [2.45, 2.75) is 17.0 Å². The number of alkyl halides is 1. The third-order valence-corrected chi connectivity index (χ3v) is 3.87. The Morgan fingerprint density at radius 1 is 1.47 bits per heavy atom. The second kappa shape index (κ2) is 6.03. The molecule has 1 aromatic rings. The van der Waals surface area contributed by atoms with Crippen LogP contribution in [0.4, 0.5) is 0 Å². The molecule has 1 aromatic carbocycles. The van der Waals surface area contributed by atoms with Crippen LogP contribution in [0.1, 0.15) is 17.4 Å². The zero-order chi connectivity index (χ0) is 11.3. The molecular weight excluding hydrogens is 232 g/mol. The lowest BCUT2D eigenvalue weighted by molar-refractivity contribution is -0.136. The Kier molecular flexibility index (Phi) is 4.99. The Morgan fingerprint density at radius 2 is 2.07 bits per heavy atom. The topological polar surface area (TPSA) is 37.3 Å². The van der Waals surface area contributed by atoms with Crippen LogP contribution in [0.2, 0.25) is 0 Å². The maximum atomic E-state index is 10.6. The lowest BCUT2D eigenvalue weighted by Gasteiger charge is -2.18. The van der Waals surface area contributed by atoms with Crippen molar-refractivity contribution < 1.29 is 9.90 Å². The normalized spacial score (nSPS) is 14.5. The number of carboxylic acids is 1. The zero-order valence-electron chi connectivity index (χ0n) is 8.39. The molecule has 1 rings (SSSR count). The first-order valence-corrected chi connectivity index (χ1v) is 6.31. The van der Waals surface area contributed by atoms with Gasteiger partial charge < -0.3 is 5.11 Å². The molecule has 0 spiro atoms. The Balaban J connectivity index is 2.73. The van der Waals surface area contributed by atoms with Crippen LogP contribution in [0, 0.1) is 0 Å². The van der Waals surface area contributed by atoms with Crippen molar-refractivity contribution in [3.63, 3.8) is 0 Å². The molecule has 82 valence electrons. The number of thioether (sulfide) groups is 1. The first kappa shape index (κ1) is 12.4. The molecule has 4 heteroatoms. The fourth-order valence-electron chi connectivity index (χ4n) is 1.33. The quantitative estimate of drug-likeness (QED) is 0.809. The number of carbonyl (C=O) groups is 1. The highest BCUT2D eigenvalue weighted by molar-refractivity contribution is 7.99. The summed E-state index contributed by atoms with van der Waals surface area (Å²) in [5.41, 5.74) is 0.972. The average molecular weight is 245 g/mol. The van der Waals surface area contributed by atoms with Crippen LogP contribution in [0.5, 0.6) is 0 Å². The summed E-state index contributed by atoms with van der Waals surface area (Å²) < 4.78 is 0. The molecule has 0 aliphatic rings. The van der Waals surface area contributed by atoms with E-state index in [4.69, 9.17) is 16.7 Å². The van der Waals surface area contributed by atoms with E-state index in [1.54, 1.807) is 0 Å². The van der Waals surface area contributed by atoms with Gasteiger partial charge in [0.15, 0.2) is 0 Å². The number of aliphatic carboxylic acids is 1. The highest BCUT2D eigenvalue weighted by atomic mass is 35.5. The number of rotatable bonds is 5. The smallest absolute Gasteiger partial charge is 0.304 e. The molecule has 0 fully saturated rings. The van der Waals surface area contributed by atoms with Gasteiger partial charge in [0.2, 0.25) is 0 Å². The van der Waals surface area contributed by atoms with Gasteiger partial charge in [-0.1, -0.05) is 30.3 Å². The van der Waals surface area contributed by atoms with E-state index in [9.17, 15) is 4.79 Å². The molecule has 0 radical (unpaired) electrons. The van der Waals surface area contributed by atoms with Crippen molar-refractivity contribution in [3.8, 4) is 0 Å². The third kappa shape index (κ3) is 3.76. The summed E-state index contributed by atoms with van der Waals surface area (Å²) in [5, 5.41) is 8.40. The molecule has 0 bridgehead atoms. The fraction of sp³-hybridized carbons (Fsp3) is 0.364. The monoisotopic (exact) mass is 244 g/mol. The molecule has 2 unspecified atom stereocenters. The van der Waals surface area contributed by atoms with Crippen molar-refractivity contribution in [2.75, 3.05) is 6.26 Å². The van der Waals surface area contributed by atoms with Crippen LogP contribution in [0.25, 0.3) is 0 Å². The Bertz CT molecular complexity index is 316. The molecule has 0 amide bonds. The summed E-state index contributed by atoms with van der Waals surface area (Å²) in [6, 6.07) is 9.57. The number of benzene rings is 1. The average Bonchev–Trinajstić information content (AvgIpc) is 2.26. The summed E-state index contributed by atoms with van der Waals surface area (Å²) in [7, 11) is 0. The predicted octanol–water partition coefficient (Wildman–Crippen LogP) is 3.17. The van der Waals surface area contributed by atoms with Gasteiger partial charge in [0.1, 0.15) is 0 Å². The van der Waals surface area contributed by atoms with Gasteiger partial charge in [0.25, 0.3) is 0 Å². The van der Waals surface area contributed by atoms with Crippen molar-refractivity contribution >= 4 is 29.3 Å². The number of carboxylic acid groups (broad SMARTS) is 1. The van der Waals surface area contributed by atoms with Crippen LogP contribution in [0.3, 0.4) is 0 Å². The summed E-state index contributed by atoms with van der Waals surface area (Å²) >= 11 is 7.72. The summed E-state index contributed by atoms with van der Waals surface area (Å²) in [6.07, 6.45) is 1.97. The minimum atomic E-state index is -0.809. The van der Waals surface area contributed by atoms with Gasteiger partial charge in [-0.3, -0.25) is 4.79 Å². The van der Waals surface area contributed by atoms with Crippen LogP contribution >= 0.6 is 23.4 Å². The molecule has 15 heavy (non-hydrogen) atoms. The van der Waals surface area contributed by atoms with E-state index in [0.29, 0.717) is 0 Å². The third-order valence-electron chi connectivity index (χ3n) is 2.12. The number of hydrogen-bond acceptors (Lipinski definition) is 2. The summed E-state index contributed by atoms with van der Waals surface area (Å²) in [4.78, 5) is 10.6. The van der Waals surface area contributed by atoms with Crippen molar-refractivity contribution in [2.24, 2.45) is 0 Å². The summed E-state index contributed by atoms with van der Waals surface area (Å²) in [6.45, 7) is 0. The number of halogens is 1. The molecule has 0 saturated carbocycles. The van der Waals surface area contributed by atoms with E-state index in [0.717, 1.165) is 5.56 Å². The first-order valence-electron chi connectivity index (χ1n) is 4.58. The predicted molar refractivity (Wildman–Crippen MR) is 64.6 cm³/mol. The standard InChI is InChI=1S/C11H13ClO2S/c1-15-9(7-10(13)14)11(12)8-5-3-2-4-6-8/h2-6,9,11H,7H2,1H3,(H,13,14). The molecule has 2 atom stereocenters. The van der Waals surface area contributed by atoms with E-state index in [-0.39, 0.29) is 17.0 Å². The van der Waals surface area contributed by atoms with Crippen LogP contribution in [-0.2, 0) is 4.79 Å². The maximum Gasteiger partial charge on any atom is 0.304 e. The molecule has 0 aliphatic carbocycles. The second-order valence-electron chi connectivity index (χ2n) is 3.18. The fourth-order valence-corrected chi connectivity index (χ4v) is 2.58. The van der Waals surface area contributed by atoms with Crippen molar-refractivity contribution in [3.05, 3.63) is 35.9 Å². The zero-order valence-corrected chi connectivity index (χ0v) is 9.96. The molecule has 0 heterocycles. The Hall–Kier alpha value is -0.670. The summed E-state index contributed by atoms with van der Waals surface area (Å²) in [5.74, 6) is -0.809. The molecule has 2 nitrogen and oxygen atoms in total. The van der Waals surface area contributed by atoms with Crippen molar-refractivity contribution in [1.29, 1.82) is 0 Å². The SMILES string of the molecule is CSC(CC(=O)O)C(Cl)c1ccccc1. The Labute approximate surface area is 98.6 Å². The van der Waals surface area contributed by atoms with E-state index >= 15 is 0 Å². The van der Waals surface area contributed by atoms with Crippen LogP contribution in [0.15, 0.2) is 30.3 Å². The lowest BCUT2D eigenvalue weighted by atomic mass is 10.1. The largest absolute Gasteiger partial charge is 0.481 e. The second-order valence-corrected chi connectivity index (χ2v) is 4.73. The van der Waals surface area contributed by atoms with Gasteiger partial charge in [0.05, 0.1) is 11.8 Å². The molecular formula is C11H13ClO2S. The first-order chi connectivity index (χ1) is 7.15. The lowest BCUT2D eigenvalue weighted by Crippen LogP contribution is -2.15. The van der Waals surface area contributed by atoms with Crippen LogP contribution < -0.4 is 0 Å². The van der Waals surface area contributed by atoms with Gasteiger partial charge in [-0.05, 0) is 11.8 Å². The van der Waals surface area contributed by atoms with E-state index in [1.165, 1.54) is 11.8 Å². The van der Waals surface area contributed by atoms with Gasteiger partial charge in [0, 0.05) is 5.25 Å². The van der Waals surface area contributed by atoms with Crippen LogP contribution in [-0.4, -0.2) is 22.6 Å². The van der Waals surface area contributed by atoms with Gasteiger partial charge in [-0.25, -0.2) is 0 Å². The highest BCUT2D eigenvalue weighted by Crippen LogP contribution is 2.33. The van der Waals surface area contributed by atoms with E-state index in [2.05, 4.69) is 0 Å². The maximum absolute atomic E-state index is 10.6. The Morgan fingerprint density at radius 3 is 2.53 bits per heavy atom. The van der Waals surface area contributed by atoms with Gasteiger partial charge >= 0.3 is 5.97 Å². The highest BCUT2D eigenvalue weighted by Gasteiger charge is 2.22.